The summed E-state index contributed by atoms with van der Waals surface area (Å²) in [5.74, 6) is 0. The summed E-state index contributed by atoms with van der Waals surface area (Å²) >= 11 is 7.80. The van der Waals surface area contributed by atoms with Crippen LogP contribution in [0.15, 0.2) is 23.1 Å². The molecule has 0 amide bonds. The summed E-state index contributed by atoms with van der Waals surface area (Å²) < 4.78 is 0. The largest absolute Gasteiger partial charge is 0.128 e. The highest BCUT2D eigenvalue weighted by atomic mass is 35.5. The molecule has 0 saturated carbocycles. The summed E-state index contributed by atoms with van der Waals surface area (Å²) in [6, 6.07) is 6.30. The summed E-state index contributed by atoms with van der Waals surface area (Å²) in [5.41, 5.74) is 1.47. The van der Waals surface area contributed by atoms with Crippen LogP contribution >= 0.6 is 23.4 Å². The average Bonchev–Trinajstić information content (AvgIpc) is 2.02. The van der Waals surface area contributed by atoms with Crippen molar-refractivity contribution < 1.29 is 0 Å². The zero-order chi connectivity index (χ0) is 10.1. The van der Waals surface area contributed by atoms with Crippen molar-refractivity contribution in [1.82, 2.24) is 0 Å². The zero-order valence-electron chi connectivity index (χ0n) is 8.52. The van der Waals surface area contributed by atoms with E-state index in [1.54, 1.807) is 11.8 Å². The van der Waals surface area contributed by atoms with E-state index in [4.69, 9.17) is 11.6 Å². The molecule has 1 aromatic carbocycles. The first-order valence-electron chi connectivity index (χ1n) is 4.29. The first-order chi connectivity index (χ1) is 5.95. The van der Waals surface area contributed by atoms with Gasteiger partial charge >= 0.3 is 0 Å². The van der Waals surface area contributed by atoms with Gasteiger partial charge in [-0.3, -0.25) is 0 Å². The summed E-state index contributed by atoms with van der Waals surface area (Å²) in [6.45, 7) is 6.58. The first-order valence-corrected chi connectivity index (χ1v) is 5.89. The van der Waals surface area contributed by atoms with Crippen LogP contribution < -0.4 is 0 Å². The average molecular weight is 215 g/mol. The Hall–Kier alpha value is -0.140. The minimum atomic E-state index is 0.181. The first kappa shape index (κ1) is 10.9. The van der Waals surface area contributed by atoms with E-state index in [0.717, 1.165) is 9.92 Å². The van der Waals surface area contributed by atoms with Crippen molar-refractivity contribution in [3.05, 3.63) is 28.8 Å². The van der Waals surface area contributed by atoms with Gasteiger partial charge in [0.25, 0.3) is 0 Å². The maximum Gasteiger partial charge on any atom is 0.0544 e. The van der Waals surface area contributed by atoms with E-state index in [9.17, 15) is 0 Å². The lowest BCUT2D eigenvalue weighted by Crippen LogP contribution is -2.10. The summed E-state index contributed by atoms with van der Waals surface area (Å²) in [7, 11) is 0. The third-order valence-electron chi connectivity index (χ3n) is 2.02. The molecule has 0 unspecified atom stereocenters. The Kier molecular flexibility index (Phi) is 3.31. The minimum Gasteiger partial charge on any atom is -0.128 e. The van der Waals surface area contributed by atoms with Crippen LogP contribution in [-0.2, 0) is 5.41 Å². The van der Waals surface area contributed by atoms with Gasteiger partial charge in [-0.25, -0.2) is 0 Å². The van der Waals surface area contributed by atoms with Crippen molar-refractivity contribution in [1.29, 1.82) is 0 Å². The number of halogens is 1. The van der Waals surface area contributed by atoms with Crippen LogP contribution in [0.3, 0.4) is 0 Å². The molecule has 0 radical (unpaired) electrons. The van der Waals surface area contributed by atoms with Crippen molar-refractivity contribution in [2.45, 2.75) is 31.1 Å². The van der Waals surface area contributed by atoms with E-state index in [-0.39, 0.29) is 5.41 Å². The van der Waals surface area contributed by atoms with Gasteiger partial charge in [0.2, 0.25) is 0 Å². The van der Waals surface area contributed by atoms with E-state index < -0.39 is 0 Å². The third-order valence-corrected chi connectivity index (χ3v) is 3.24. The number of benzene rings is 1. The molecule has 0 aromatic heterocycles. The maximum absolute atomic E-state index is 6.11. The van der Waals surface area contributed by atoms with Crippen molar-refractivity contribution in [3.8, 4) is 0 Å². The van der Waals surface area contributed by atoms with Crippen molar-refractivity contribution >= 4 is 23.4 Å². The van der Waals surface area contributed by atoms with Crippen LogP contribution in [0.1, 0.15) is 26.3 Å². The highest BCUT2D eigenvalue weighted by Crippen LogP contribution is 2.30. The Bertz CT molecular complexity index is 299. The summed E-state index contributed by atoms with van der Waals surface area (Å²) in [6.07, 6.45) is 2.04. The summed E-state index contributed by atoms with van der Waals surface area (Å²) in [4.78, 5) is 1.15. The number of thioether (sulfide) groups is 1. The van der Waals surface area contributed by atoms with Crippen LogP contribution in [0.25, 0.3) is 0 Å². The molecule has 0 saturated heterocycles. The Morgan fingerprint density at radius 2 is 1.85 bits per heavy atom. The van der Waals surface area contributed by atoms with E-state index in [2.05, 4.69) is 39.0 Å². The Labute approximate surface area is 89.7 Å². The monoisotopic (exact) mass is 214 g/mol. The predicted molar refractivity (Wildman–Crippen MR) is 61.9 cm³/mol. The molecule has 0 aliphatic heterocycles. The Morgan fingerprint density at radius 1 is 1.23 bits per heavy atom. The molecule has 0 atom stereocenters. The lowest BCUT2D eigenvalue weighted by Gasteiger charge is -2.19. The SMILES string of the molecule is CSc1ccc(C(C)(C)C)cc1Cl. The molecule has 0 aliphatic rings. The molecule has 0 N–H and O–H groups in total. The number of hydrogen-bond acceptors (Lipinski definition) is 1. The molecule has 1 aromatic rings. The van der Waals surface area contributed by atoms with Crippen molar-refractivity contribution in [3.63, 3.8) is 0 Å². The van der Waals surface area contributed by atoms with Crippen LogP contribution in [0.2, 0.25) is 5.02 Å². The molecule has 13 heavy (non-hydrogen) atoms. The summed E-state index contributed by atoms with van der Waals surface area (Å²) in [5, 5.41) is 0.861. The molecule has 0 nitrogen and oxygen atoms in total. The molecule has 0 bridgehead atoms. The number of rotatable bonds is 1. The van der Waals surface area contributed by atoms with Gasteiger partial charge in [0.1, 0.15) is 0 Å². The highest BCUT2D eigenvalue weighted by molar-refractivity contribution is 7.98. The van der Waals surface area contributed by atoms with Crippen molar-refractivity contribution in [2.75, 3.05) is 6.26 Å². The topological polar surface area (TPSA) is 0 Å². The van der Waals surface area contributed by atoms with Gasteiger partial charge in [-0.2, -0.15) is 0 Å². The van der Waals surface area contributed by atoms with Gasteiger partial charge < -0.3 is 0 Å². The quantitative estimate of drug-likeness (QED) is 0.626. The second-order valence-electron chi connectivity index (χ2n) is 4.10. The standard InChI is InChI=1S/C11H15ClS/c1-11(2,3)8-5-6-10(13-4)9(12)7-8/h5-7H,1-4H3. The van der Waals surface area contributed by atoms with Crippen LogP contribution in [-0.4, -0.2) is 6.26 Å². The van der Waals surface area contributed by atoms with E-state index in [1.807, 2.05) is 6.26 Å². The lowest BCUT2D eigenvalue weighted by atomic mass is 9.87. The minimum absolute atomic E-state index is 0.181. The smallest absolute Gasteiger partial charge is 0.0544 e. The van der Waals surface area contributed by atoms with Gasteiger partial charge in [-0.1, -0.05) is 38.4 Å². The van der Waals surface area contributed by atoms with Gasteiger partial charge in [0.15, 0.2) is 0 Å². The van der Waals surface area contributed by atoms with E-state index in [1.165, 1.54) is 5.56 Å². The molecule has 1 rings (SSSR count). The third kappa shape index (κ3) is 2.65. The van der Waals surface area contributed by atoms with Crippen LogP contribution in [0, 0.1) is 0 Å². The van der Waals surface area contributed by atoms with Crippen LogP contribution in [0.4, 0.5) is 0 Å². The second-order valence-corrected chi connectivity index (χ2v) is 5.35. The second kappa shape index (κ2) is 3.93. The molecule has 0 spiro atoms. The molecule has 2 heteroatoms. The Balaban J connectivity index is 3.10. The van der Waals surface area contributed by atoms with Gasteiger partial charge in [-0.15, -0.1) is 11.8 Å². The molecular weight excluding hydrogens is 200 g/mol. The predicted octanol–water partition coefficient (Wildman–Crippen LogP) is 4.36. The zero-order valence-corrected chi connectivity index (χ0v) is 10.1. The van der Waals surface area contributed by atoms with E-state index >= 15 is 0 Å². The molecule has 0 heterocycles. The Morgan fingerprint density at radius 3 is 2.23 bits per heavy atom. The van der Waals surface area contributed by atoms with Gasteiger partial charge in [-0.05, 0) is 29.4 Å². The van der Waals surface area contributed by atoms with Crippen molar-refractivity contribution in [2.24, 2.45) is 0 Å². The fourth-order valence-electron chi connectivity index (χ4n) is 1.13. The maximum atomic E-state index is 6.11. The van der Waals surface area contributed by atoms with Crippen LogP contribution in [0.5, 0.6) is 0 Å². The fraction of sp³-hybridized carbons (Fsp3) is 0.455. The van der Waals surface area contributed by atoms with Gasteiger partial charge in [0.05, 0.1) is 5.02 Å². The molecule has 72 valence electrons. The van der Waals surface area contributed by atoms with E-state index in [0.29, 0.717) is 0 Å². The molecule has 0 fully saturated rings. The fourth-order valence-corrected chi connectivity index (χ4v) is 2.00. The highest BCUT2D eigenvalue weighted by Gasteiger charge is 2.14. The molecular formula is C11H15ClS. The van der Waals surface area contributed by atoms with Gasteiger partial charge in [0, 0.05) is 4.90 Å². The normalized spacial score (nSPS) is 11.8. The lowest BCUT2D eigenvalue weighted by molar-refractivity contribution is 0.590. The molecule has 0 aliphatic carbocycles. The number of hydrogen-bond donors (Lipinski definition) is 0.